The fourth-order valence-corrected chi connectivity index (χ4v) is 4.42. The molecule has 0 aliphatic carbocycles. The van der Waals surface area contributed by atoms with Crippen LogP contribution in [0.1, 0.15) is 20.1 Å². The molecule has 8 heteroatoms. The summed E-state index contributed by atoms with van der Waals surface area (Å²) >= 11 is 1.31. The maximum Gasteiger partial charge on any atom is 0.335 e. The Balaban J connectivity index is 2.43. The first kappa shape index (κ1) is 15.5. The van der Waals surface area contributed by atoms with Gasteiger partial charge in [-0.05, 0) is 38.1 Å². The van der Waals surface area contributed by atoms with Gasteiger partial charge in [-0.25, -0.2) is 17.6 Å². The third-order valence-electron chi connectivity index (χ3n) is 2.74. The monoisotopic (exact) mass is 329 g/mol. The lowest BCUT2D eigenvalue weighted by Gasteiger charge is -2.09. The normalized spacial score (nSPS) is 11.4. The second-order valence-corrected chi connectivity index (χ2v) is 7.49. The number of hydrogen-bond acceptors (Lipinski definition) is 4. The number of hydrogen-bond donors (Lipinski definition) is 2. The van der Waals surface area contributed by atoms with Gasteiger partial charge < -0.3 is 5.11 Å². The van der Waals surface area contributed by atoms with Crippen LogP contribution in [-0.2, 0) is 10.0 Å². The Morgan fingerprint density at radius 2 is 1.95 bits per heavy atom. The average Bonchev–Trinajstić information content (AvgIpc) is 2.71. The van der Waals surface area contributed by atoms with E-state index in [4.69, 9.17) is 5.11 Å². The molecule has 0 aliphatic rings. The van der Waals surface area contributed by atoms with Crippen molar-refractivity contribution in [3.8, 4) is 0 Å². The van der Waals surface area contributed by atoms with Gasteiger partial charge in [0.1, 0.15) is 10.7 Å². The maximum atomic E-state index is 13.7. The third kappa shape index (κ3) is 3.22. The zero-order valence-corrected chi connectivity index (χ0v) is 12.8. The van der Waals surface area contributed by atoms with Crippen molar-refractivity contribution in [3.63, 3.8) is 0 Å². The summed E-state index contributed by atoms with van der Waals surface area (Å²) < 4.78 is 40.3. The van der Waals surface area contributed by atoms with Gasteiger partial charge in [0.15, 0.2) is 0 Å². The molecule has 0 saturated carbocycles. The molecule has 1 aromatic heterocycles. The summed E-state index contributed by atoms with van der Waals surface area (Å²) in [5.74, 6) is -2.11. The van der Waals surface area contributed by atoms with Crippen molar-refractivity contribution in [1.29, 1.82) is 0 Å². The number of anilines is 1. The minimum absolute atomic E-state index is 0.0603. The van der Waals surface area contributed by atoms with E-state index in [-0.39, 0.29) is 10.5 Å². The third-order valence-corrected chi connectivity index (χ3v) is 5.33. The van der Waals surface area contributed by atoms with Crippen LogP contribution < -0.4 is 4.72 Å². The number of carbonyl (C=O) groups is 1. The molecule has 0 saturated heterocycles. The molecular formula is C13H12FNO4S2. The van der Waals surface area contributed by atoms with Crippen LogP contribution >= 0.6 is 11.3 Å². The van der Waals surface area contributed by atoms with Gasteiger partial charge >= 0.3 is 5.97 Å². The number of nitrogens with one attached hydrogen (secondary N) is 1. The van der Waals surface area contributed by atoms with Crippen molar-refractivity contribution < 1.29 is 22.7 Å². The van der Waals surface area contributed by atoms with E-state index in [0.717, 1.165) is 23.1 Å². The molecule has 0 bridgehead atoms. The lowest BCUT2D eigenvalue weighted by molar-refractivity contribution is 0.0697. The molecule has 1 heterocycles. The van der Waals surface area contributed by atoms with Crippen molar-refractivity contribution in [3.05, 3.63) is 45.4 Å². The zero-order chi connectivity index (χ0) is 15.8. The van der Waals surface area contributed by atoms with E-state index < -0.39 is 27.5 Å². The molecule has 0 unspecified atom stereocenters. The van der Waals surface area contributed by atoms with Crippen LogP contribution in [0.2, 0.25) is 0 Å². The fraction of sp³-hybridized carbons (Fsp3) is 0.154. The summed E-state index contributed by atoms with van der Waals surface area (Å²) in [4.78, 5) is 12.3. The van der Waals surface area contributed by atoms with Crippen LogP contribution in [-0.4, -0.2) is 19.5 Å². The molecule has 1 aromatic carbocycles. The Kier molecular flexibility index (Phi) is 4.02. The van der Waals surface area contributed by atoms with Gasteiger partial charge in [-0.2, -0.15) is 0 Å². The highest BCUT2D eigenvalue weighted by Gasteiger charge is 2.21. The summed E-state index contributed by atoms with van der Waals surface area (Å²) in [6, 6.07) is 4.41. The molecule has 2 rings (SSSR count). The van der Waals surface area contributed by atoms with Crippen LogP contribution in [0, 0.1) is 19.7 Å². The van der Waals surface area contributed by atoms with Gasteiger partial charge in [0.25, 0.3) is 10.0 Å². The molecule has 0 amide bonds. The fourth-order valence-electron chi connectivity index (χ4n) is 1.81. The Hall–Kier alpha value is -1.93. The highest BCUT2D eigenvalue weighted by Crippen LogP contribution is 2.27. The SMILES string of the molecule is Cc1cc(S(=O)(=O)Nc2cc(C(=O)O)ccc2F)c(C)s1. The first-order chi connectivity index (χ1) is 9.70. The number of thiophene rings is 1. The molecular weight excluding hydrogens is 317 g/mol. The molecule has 5 nitrogen and oxygen atoms in total. The number of aromatic carboxylic acids is 1. The van der Waals surface area contributed by atoms with Crippen LogP contribution in [0.25, 0.3) is 0 Å². The van der Waals surface area contributed by atoms with Crippen molar-refractivity contribution >= 4 is 33.0 Å². The summed E-state index contributed by atoms with van der Waals surface area (Å²) in [5, 5.41) is 8.86. The summed E-state index contributed by atoms with van der Waals surface area (Å²) in [6.07, 6.45) is 0. The largest absolute Gasteiger partial charge is 0.478 e. The first-order valence-electron chi connectivity index (χ1n) is 5.83. The lowest BCUT2D eigenvalue weighted by Crippen LogP contribution is -2.14. The van der Waals surface area contributed by atoms with Crippen molar-refractivity contribution in [2.75, 3.05) is 4.72 Å². The highest BCUT2D eigenvalue weighted by molar-refractivity contribution is 7.93. The van der Waals surface area contributed by atoms with Crippen molar-refractivity contribution in [2.45, 2.75) is 18.7 Å². The van der Waals surface area contributed by atoms with E-state index in [2.05, 4.69) is 4.72 Å². The van der Waals surface area contributed by atoms with Gasteiger partial charge in [0, 0.05) is 9.75 Å². The Labute approximate surface area is 125 Å². The minimum Gasteiger partial charge on any atom is -0.478 e. The molecule has 2 N–H and O–H groups in total. The predicted octanol–water partition coefficient (Wildman–Crippen LogP) is 3.00. The number of aryl methyl sites for hydroxylation is 2. The molecule has 2 aromatic rings. The Morgan fingerprint density at radius 3 is 2.48 bits per heavy atom. The number of benzene rings is 1. The van der Waals surface area contributed by atoms with E-state index in [0.29, 0.717) is 4.88 Å². The van der Waals surface area contributed by atoms with Crippen molar-refractivity contribution in [2.24, 2.45) is 0 Å². The van der Waals surface area contributed by atoms with E-state index in [1.165, 1.54) is 17.4 Å². The molecule has 0 spiro atoms. The number of halogens is 1. The molecule has 0 fully saturated rings. The number of carboxylic acids is 1. The second-order valence-electron chi connectivity index (χ2n) is 4.38. The van der Waals surface area contributed by atoms with Crippen molar-refractivity contribution in [1.82, 2.24) is 0 Å². The van der Waals surface area contributed by atoms with Gasteiger partial charge in [-0.3, -0.25) is 4.72 Å². The number of carboxylic acid groups (broad SMARTS) is 1. The number of rotatable bonds is 4. The molecule has 0 aliphatic heterocycles. The quantitative estimate of drug-likeness (QED) is 0.903. The van der Waals surface area contributed by atoms with Crippen LogP contribution in [0.5, 0.6) is 0 Å². The molecule has 0 radical (unpaired) electrons. The first-order valence-corrected chi connectivity index (χ1v) is 8.13. The van der Waals surface area contributed by atoms with Crippen LogP contribution in [0.3, 0.4) is 0 Å². The molecule has 0 atom stereocenters. The summed E-state index contributed by atoms with van der Waals surface area (Å²) in [6.45, 7) is 3.42. The average molecular weight is 329 g/mol. The number of sulfonamides is 1. The van der Waals surface area contributed by atoms with Gasteiger partial charge in [-0.1, -0.05) is 0 Å². The zero-order valence-electron chi connectivity index (χ0n) is 11.2. The van der Waals surface area contributed by atoms with E-state index in [1.807, 2.05) is 0 Å². The second kappa shape index (κ2) is 5.45. The van der Waals surface area contributed by atoms with Crippen LogP contribution in [0.15, 0.2) is 29.2 Å². The van der Waals surface area contributed by atoms with E-state index >= 15 is 0 Å². The standard InChI is InChI=1S/C13H12FNO4S2/c1-7-5-12(8(2)20-7)21(18,19)15-11-6-9(13(16)17)3-4-10(11)14/h3-6,15H,1-2H3,(H,16,17). The van der Waals surface area contributed by atoms with Gasteiger partial charge in [0.2, 0.25) is 0 Å². The highest BCUT2D eigenvalue weighted by atomic mass is 32.2. The molecule has 21 heavy (non-hydrogen) atoms. The Morgan fingerprint density at radius 1 is 1.29 bits per heavy atom. The smallest absolute Gasteiger partial charge is 0.335 e. The maximum absolute atomic E-state index is 13.7. The Bertz CT molecular complexity index is 812. The summed E-state index contributed by atoms with van der Waals surface area (Å²) in [5.41, 5.74) is -0.592. The summed E-state index contributed by atoms with van der Waals surface area (Å²) in [7, 11) is -3.96. The van der Waals surface area contributed by atoms with Gasteiger partial charge in [-0.15, -0.1) is 11.3 Å². The van der Waals surface area contributed by atoms with E-state index in [1.54, 1.807) is 13.8 Å². The predicted molar refractivity (Wildman–Crippen MR) is 78.0 cm³/mol. The topological polar surface area (TPSA) is 83.5 Å². The lowest BCUT2D eigenvalue weighted by atomic mass is 10.2. The minimum atomic E-state index is -3.96. The van der Waals surface area contributed by atoms with Crippen LogP contribution in [0.4, 0.5) is 10.1 Å². The van der Waals surface area contributed by atoms with E-state index in [9.17, 15) is 17.6 Å². The molecule has 112 valence electrons. The van der Waals surface area contributed by atoms with Gasteiger partial charge in [0.05, 0.1) is 11.3 Å².